The van der Waals surface area contributed by atoms with Crippen molar-refractivity contribution in [3.8, 4) is 17.3 Å². The third-order valence-corrected chi connectivity index (χ3v) is 5.76. The average molecular weight is 402 g/mol. The van der Waals surface area contributed by atoms with E-state index in [1.807, 2.05) is 30.5 Å². The van der Waals surface area contributed by atoms with Gasteiger partial charge in [0.2, 0.25) is 0 Å². The van der Waals surface area contributed by atoms with Crippen LogP contribution in [0, 0.1) is 18.3 Å². The van der Waals surface area contributed by atoms with Crippen molar-refractivity contribution in [2.24, 2.45) is 0 Å². The van der Waals surface area contributed by atoms with Crippen molar-refractivity contribution < 1.29 is 0 Å². The van der Waals surface area contributed by atoms with Crippen LogP contribution in [-0.2, 0) is 19.5 Å². The number of benzene rings is 1. The van der Waals surface area contributed by atoms with Gasteiger partial charge in [0.05, 0.1) is 18.7 Å². The van der Waals surface area contributed by atoms with Crippen molar-refractivity contribution in [1.29, 1.82) is 5.26 Å². The van der Waals surface area contributed by atoms with Gasteiger partial charge in [-0.05, 0) is 19.4 Å². The van der Waals surface area contributed by atoms with Crippen molar-refractivity contribution in [2.45, 2.75) is 33.4 Å². The quantitative estimate of drug-likeness (QED) is 0.632. The molecule has 0 saturated carbocycles. The van der Waals surface area contributed by atoms with Crippen LogP contribution in [0.5, 0.6) is 0 Å². The Morgan fingerprint density at radius 3 is 2.43 bits per heavy atom. The van der Waals surface area contributed by atoms with Crippen molar-refractivity contribution in [1.82, 2.24) is 24.6 Å². The number of piperazine rings is 1. The Kier molecular flexibility index (Phi) is 6.05. The van der Waals surface area contributed by atoms with Gasteiger partial charge in [-0.3, -0.25) is 14.6 Å². The minimum absolute atomic E-state index is 0.423. The minimum atomic E-state index is 0.423. The highest BCUT2D eigenvalue weighted by atomic mass is 15.3. The summed E-state index contributed by atoms with van der Waals surface area (Å²) in [6.07, 6.45) is 5.93. The number of anilines is 1. The number of nitrogens with zero attached hydrogens (tertiary/aromatic N) is 7. The number of hydrogen-bond acceptors (Lipinski definition) is 6. The fraction of sp³-hybridized carbons (Fsp3) is 0.391. The van der Waals surface area contributed by atoms with E-state index >= 15 is 0 Å². The van der Waals surface area contributed by atoms with Gasteiger partial charge in [0.1, 0.15) is 5.69 Å². The summed E-state index contributed by atoms with van der Waals surface area (Å²) in [6.45, 7) is 9.91. The molecule has 0 atom stereocenters. The zero-order chi connectivity index (χ0) is 20.9. The van der Waals surface area contributed by atoms with E-state index in [9.17, 15) is 0 Å². The van der Waals surface area contributed by atoms with E-state index in [-0.39, 0.29) is 0 Å². The van der Waals surface area contributed by atoms with Gasteiger partial charge < -0.3 is 4.90 Å². The SMILES string of the molecule is CCn1ncc(CN2CCN(c3nccnc3-c3ccc(CC#N)cc3)CC2)c1C. The first-order chi connectivity index (χ1) is 14.7. The molecule has 7 nitrogen and oxygen atoms in total. The lowest BCUT2D eigenvalue weighted by Gasteiger charge is -2.35. The summed E-state index contributed by atoms with van der Waals surface area (Å²) >= 11 is 0. The summed E-state index contributed by atoms with van der Waals surface area (Å²) in [5.74, 6) is 0.931. The summed E-state index contributed by atoms with van der Waals surface area (Å²) in [7, 11) is 0. The van der Waals surface area contributed by atoms with Crippen LogP contribution in [0.3, 0.4) is 0 Å². The molecule has 1 fully saturated rings. The highest BCUT2D eigenvalue weighted by molar-refractivity contribution is 5.72. The first-order valence-electron chi connectivity index (χ1n) is 10.5. The van der Waals surface area contributed by atoms with Gasteiger partial charge in [-0.2, -0.15) is 10.4 Å². The van der Waals surface area contributed by atoms with Crippen molar-refractivity contribution in [2.75, 3.05) is 31.1 Å². The molecule has 1 aliphatic heterocycles. The maximum atomic E-state index is 8.88. The van der Waals surface area contributed by atoms with Crippen LogP contribution in [0.4, 0.5) is 5.82 Å². The smallest absolute Gasteiger partial charge is 0.155 e. The van der Waals surface area contributed by atoms with Gasteiger partial charge in [0.15, 0.2) is 5.82 Å². The van der Waals surface area contributed by atoms with Gasteiger partial charge in [-0.15, -0.1) is 0 Å². The monoisotopic (exact) mass is 401 g/mol. The molecule has 154 valence electrons. The Bertz CT molecular complexity index is 1020. The van der Waals surface area contributed by atoms with E-state index in [1.54, 1.807) is 12.4 Å². The predicted molar refractivity (Wildman–Crippen MR) is 117 cm³/mol. The van der Waals surface area contributed by atoms with Crippen molar-refractivity contribution >= 4 is 5.82 Å². The summed E-state index contributed by atoms with van der Waals surface area (Å²) in [4.78, 5) is 14.1. The molecular formula is C23H27N7. The molecule has 3 heterocycles. The maximum Gasteiger partial charge on any atom is 0.155 e. The third kappa shape index (κ3) is 4.19. The summed E-state index contributed by atoms with van der Waals surface area (Å²) in [5, 5.41) is 13.3. The molecule has 1 saturated heterocycles. The van der Waals surface area contributed by atoms with Gasteiger partial charge in [0, 0.05) is 68.5 Å². The molecule has 0 aliphatic carbocycles. The summed E-state index contributed by atoms with van der Waals surface area (Å²) in [6, 6.07) is 10.2. The second-order valence-corrected chi connectivity index (χ2v) is 7.59. The second-order valence-electron chi connectivity index (χ2n) is 7.59. The lowest BCUT2D eigenvalue weighted by molar-refractivity contribution is 0.249. The lowest BCUT2D eigenvalue weighted by Crippen LogP contribution is -2.46. The van der Waals surface area contributed by atoms with E-state index in [4.69, 9.17) is 5.26 Å². The summed E-state index contributed by atoms with van der Waals surface area (Å²) in [5.41, 5.74) is 5.51. The van der Waals surface area contributed by atoms with Crippen LogP contribution in [-0.4, -0.2) is 50.8 Å². The van der Waals surface area contributed by atoms with E-state index in [2.05, 4.69) is 49.5 Å². The van der Waals surface area contributed by atoms with E-state index in [1.165, 1.54) is 11.3 Å². The molecule has 0 bridgehead atoms. The zero-order valence-corrected chi connectivity index (χ0v) is 17.6. The fourth-order valence-corrected chi connectivity index (χ4v) is 3.96. The maximum absolute atomic E-state index is 8.88. The number of aryl methyl sites for hydroxylation is 1. The van der Waals surface area contributed by atoms with Crippen LogP contribution in [0.25, 0.3) is 11.3 Å². The summed E-state index contributed by atoms with van der Waals surface area (Å²) < 4.78 is 2.05. The normalized spacial score (nSPS) is 14.6. The molecule has 4 rings (SSSR count). The van der Waals surface area contributed by atoms with E-state index < -0.39 is 0 Å². The number of rotatable bonds is 6. The highest BCUT2D eigenvalue weighted by Crippen LogP contribution is 2.28. The number of nitriles is 1. The Balaban J connectivity index is 1.45. The molecule has 0 amide bonds. The van der Waals surface area contributed by atoms with Gasteiger partial charge >= 0.3 is 0 Å². The van der Waals surface area contributed by atoms with Crippen LogP contribution in [0.15, 0.2) is 42.9 Å². The molecule has 0 N–H and O–H groups in total. The molecule has 2 aromatic heterocycles. The first kappa shape index (κ1) is 20.0. The molecule has 3 aromatic rings. The molecule has 1 aliphatic rings. The fourth-order valence-electron chi connectivity index (χ4n) is 3.96. The molecule has 30 heavy (non-hydrogen) atoms. The Hall–Kier alpha value is -3.24. The number of hydrogen-bond donors (Lipinski definition) is 0. The minimum Gasteiger partial charge on any atom is -0.352 e. The third-order valence-electron chi connectivity index (χ3n) is 5.76. The molecule has 0 spiro atoms. The van der Waals surface area contributed by atoms with Gasteiger partial charge in [-0.1, -0.05) is 24.3 Å². The Morgan fingerprint density at radius 2 is 1.77 bits per heavy atom. The lowest BCUT2D eigenvalue weighted by atomic mass is 10.1. The Morgan fingerprint density at radius 1 is 1.03 bits per heavy atom. The second kappa shape index (κ2) is 9.06. The topological polar surface area (TPSA) is 73.9 Å². The standard InChI is InChI=1S/C23H27N7/c1-3-30-18(2)21(16-27-30)17-28-12-14-29(15-13-28)23-22(25-10-11-26-23)20-6-4-19(5-7-20)8-9-24/h4-7,10-11,16H,3,8,12-15,17H2,1-2H3. The van der Waals surface area contributed by atoms with E-state index in [0.29, 0.717) is 6.42 Å². The number of aromatic nitrogens is 4. The zero-order valence-electron chi connectivity index (χ0n) is 17.6. The van der Waals surface area contributed by atoms with E-state index in [0.717, 1.165) is 61.9 Å². The largest absolute Gasteiger partial charge is 0.352 e. The highest BCUT2D eigenvalue weighted by Gasteiger charge is 2.22. The molecule has 7 heteroatoms. The van der Waals surface area contributed by atoms with Crippen LogP contribution >= 0.6 is 0 Å². The molecule has 0 unspecified atom stereocenters. The molecule has 0 radical (unpaired) electrons. The van der Waals surface area contributed by atoms with Crippen molar-refractivity contribution in [3.63, 3.8) is 0 Å². The predicted octanol–water partition coefficient (Wildman–Crippen LogP) is 3.06. The van der Waals surface area contributed by atoms with Gasteiger partial charge in [0.25, 0.3) is 0 Å². The van der Waals surface area contributed by atoms with Gasteiger partial charge in [-0.25, -0.2) is 4.98 Å². The molecular weight excluding hydrogens is 374 g/mol. The average Bonchev–Trinajstić information content (AvgIpc) is 3.14. The first-order valence-corrected chi connectivity index (χ1v) is 10.5. The van der Waals surface area contributed by atoms with Crippen LogP contribution in [0.2, 0.25) is 0 Å². The van der Waals surface area contributed by atoms with Crippen LogP contribution in [0.1, 0.15) is 23.7 Å². The molecule has 1 aromatic carbocycles. The van der Waals surface area contributed by atoms with Crippen molar-refractivity contribution in [3.05, 3.63) is 59.7 Å². The Labute approximate surface area is 177 Å². The van der Waals surface area contributed by atoms with Crippen LogP contribution < -0.4 is 4.90 Å².